The molecular weight excluding hydrogens is 292 g/mol. The Hall–Kier alpha value is -3.06. The topological polar surface area (TPSA) is 131 Å². The van der Waals surface area contributed by atoms with Crippen molar-refractivity contribution < 1.29 is 35.4 Å². The molecule has 2 aromatic carbocycles. The van der Waals surface area contributed by atoms with Crippen LogP contribution in [0.4, 0.5) is 0 Å². The normalized spacial score (nSPS) is 17.0. The van der Waals surface area contributed by atoms with Crippen LogP contribution in [-0.2, 0) is 0 Å². The summed E-state index contributed by atoms with van der Waals surface area (Å²) in [4.78, 5) is 0. The molecule has 1 aliphatic heterocycles. The Labute approximate surface area is 124 Å². The molecule has 0 radical (unpaired) electrons. The predicted octanol–water partition coefficient (Wildman–Crippen LogP) is 1.86. The van der Waals surface area contributed by atoms with E-state index in [9.17, 15) is 30.6 Å². The molecular formula is C15H12O7. The van der Waals surface area contributed by atoms with Crippen molar-refractivity contribution >= 4 is 5.76 Å². The van der Waals surface area contributed by atoms with Gasteiger partial charge < -0.3 is 35.4 Å². The van der Waals surface area contributed by atoms with E-state index in [4.69, 9.17) is 4.74 Å². The highest BCUT2D eigenvalue weighted by Gasteiger charge is 2.32. The van der Waals surface area contributed by atoms with Crippen LogP contribution in [0.15, 0.2) is 36.1 Å². The van der Waals surface area contributed by atoms with Crippen molar-refractivity contribution in [2.45, 2.75) is 6.10 Å². The third-order valence-electron chi connectivity index (χ3n) is 3.32. The molecule has 2 aromatic rings. The minimum atomic E-state index is -1.56. The van der Waals surface area contributed by atoms with E-state index in [1.54, 1.807) is 0 Å². The largest absolute Gasteiger partial charge is 0.508 e. The molecule has 0 fully saturated rings. The molecule has 114 valence electrons. The third kappa shape index (κ3) is 2.04. The van der Waals surface area contributed by atoms with Gasteiger partial charge in [-0.15, -0.1) is 0 Å². The summed E-state index contributed by atoms with van der Waals surface area (Å²) in [5.74, 6) is -2.26. The summed E-state index contributed by atoms with van der Waals surface area (Å²) in [6.45, 7) is 0. The van der Waals surface area contributed by atoms with Crippen LogP contribution in [0.2, 0.25) is 0 Å². The van der Waals surface area contributed by atoms with Crippen molar-refractivity contribution in [1.29, 1.82) is 0 Å². The van der Waals surface area contributed by atoms with E-state index in [2.05, 4.69) is 0 Å². The van der Waals surface area contributed by atoms with Gasteiger partial charge in [0.25, 0.3) is 0 Å². The number of rotatable bonds is 1. The first kappa shape index (κ1) is 13.9. The van der Waals surface area contributed by atoms with Crippen molar-refractivity contribution in [3.63, 3.8) is 0 Å². The fourth-order valence-corrected chi connectivity index (χ4v) is 2.25. The quantitative estimate of drug-likeness (QED) is 0.443. The van der Waals surface area contributed by atoms with Gasteiger partial charge in [0.05, 0.1) is 5.56 Å². The second kappa shape index (κ2) is 4.74. The van der Waals surface area contributed by atoms with Gasteiger partial charge in [0, 0.05) is 17.7 Å². The molecule has 3 rings (SSSR count). The highest BCUT2D eigenvalue weighted by Crippen LogP contribution is 2.46. The van der Waals surface area contributed by atoms with Gasteiger partial charge in [0.15, 0.2) is 23.0 Å². The number of phenolic OH excluding ortho intramolecular Hbond substituents is 4. The summed E-state index contributed by atoms with van der Waals surface area (Å²) in [5, 5.41) is 58.3. The summed E-state index contributed by atoms with van der Waals surface area (Å²) in [6.07, 6.45) is -1.56. The van der Waals surface area contributed by atoms with Crippen LogP contribution in [-0.4, -0.2) is 30.6 Å². The Balaban J connectivity index is 2.14. The first-order valence-electron chi connectivity index (χ1n) is 6.25. The molecule has 0 aromatic heterocycles. The van der Waals surface area contributed by atoms with Gasteiger partial charge in [0.1, 0.15) is 23.4 Å². The van der Waals surface area contributed by atoms with E-state index in [1.807, 2.05) is 0 Å². The molecule has 1 unspecified atom stereocenters. The molecule has 0 saturated carbocycles. The van der Waals surface area contributed by atoms with Crippen LogP contribution < -0.4 is 4.74 Å². The molecule has 0 amide bonds. The van der Waals surface area contributed by atoms with Gasteiger partial charge in [-0.3, -0.25) is 0 Å². The number of fused-ring (bicyclic) bond motifs is 1. The second-order valence-electron chi connectivity index (χ2n) is 4.80. The number of aliphatic hydroxyl groups excluding tert-OH is 2. The average Bonchev–Trinajstić information content (AvgIpc) is 2.45. The molecule has 1 atom stereocenters. The first-order chi connectivity index (χ1) is 10.4. The minimum Gasteiger partial charge on any atom is -0.508 e. The van der Waals surface area contributed by atoms with E-state index in [0.29, 0.717) is 0 Å². The van der Waals surface area contributed by atoms with Crippen molar-refractivity contribution in [2.75, 3.05) is 0 Å². The van der Waals surface area contributed by atoms with Crippen molar-refractivity contribution in [1.82, 2.24) is 0 Å². The van der Waals surface area contributed by atoms with Gasteiger partial charge in [0.2, 0.25) is 0 Å². The molecule has 0 bridgehead atoms. The minimum absolute atomic E-state index is 0.0367. The number of benzene rings is 2. The zero-order valence-corrected chi connectivity index (χ0v) is 11.1. The van der Waals surface area contributed by atoms with Crippen LogP contribution in [0.25, 0.3) is 5.76 Å². The fourth-order valence-electron chi connectivity index (χ4n) is 2.25. The Morgan fingerprint density at radius 1 is 0.818 bits per heavy atom. The molecule has 7 heteroatoms. The van der Waals surface area contributed by atoms with Gasteiger partial charge in [-0.05, 0) is 18.2 Å². The number of aromatic hydroxyl groups is 4. The molecule has 22 heavy (non-hydrogen) atoms. The van der Waals surface area contributed by atoms with Crippen LogP contribution in [0.1, 0.15) is 17.2 Å². The lowest BCUT2D eigenvalue weighted by atomic mass is 9.99. The molecule has 7 nitrogen and oxygen atoms in total. The zero-order chi connectivity index (χ0) is 16.0. The van der Waals surface area contributed by atoms with Gasteiger partial charge >= 0.3 is 0 Å². The Morgan fingerprint density at radius 3 is 2.23 bits per heavy atom. The van der Waals surface area contributed by atoms with E-state index in [0.717, 1.165) is 12.1 Å². The van der Waals surface area contributed by atoms with Crippen LogP contribution >= 0.6 is 0 Å². The standard InChI is InChI=1S/C15H12O7/c16-7-4-10(19)12-11(5-7)22-15(14(21)13(12)20)6-1-2-8(17)9(18)3-6/h1-5,13,16-21H. The number of aliphatic hydroxyl groups is 2. The maximum absolute atomic E-state index is 10.1. The Kier molecular flexibility index (Phi) is 3.00. The second-order valence-corrected chi connectivity index (χ2v) is 4.80. The van der Waals surface area contributed by atoms with Crippen LogP contribution in [0.5, 0.6) is 28.7 Å². The lowest BCUT2D eigenvalue weighted by molar-refractivity contribution is 0.138. The monoisotopic (exact) mass is 304 g/mol. The number of hydrogen-bond acceptors (Lipinski definition) is 7. The maximum atomic E-state index is 10.1. The smallest absolute Gasteiger partial charge is 0.175 e. The van der Waals surface area contributed by atoms with Crippen molar-refractivity contribution in [3.8, 4) is 28.7 Å². The number of phenols is 4. The lowest BCUT2D eigenvalue weighted by Crippen LogP contribution is -2.15. The van der Waals surface area contributed by atoms with E-state index in [1.165, 1.54) is 18.2 Å². The summed E-state index contributed by atoms with van der Waals surface area (Å²) in [7, 11) is 0. The highest BCUT2D eigenvalue weighted by molar-refractivity contribution is 5.71. The van der Waals surface area contributed by atoms with Gasteiger partial charge in [-0.2, -0.15) is 0 Å². The third-order valence-corrected chi connectivity index (χ3v) is 3.32. The Bertz CT molecular complexity index is 795. The van der Waals surface area contributed by atoms with Gasteiger partial charge in [-0.25, -0.2) is 0 Å². The van der Waals surface area contributed by atoms with Crippen LogP contribution in [0.3, 0.4) is 0 Å². The molecule has 0 saturated heterocycles. The summed E-state index contributed by atoms with van der Waals surface area (Å²) in [6, 6.07) is 5.87. The number of ether oxygens (including phenoxy) is 1. The van der Waals surface area contributed by atoms with E-state index >= 15 is 0 Å². The molecule has 6 N–H and O–H groups in total. The first-order valence-corrected chi connectivity index (χ1v) is 6.25. The van der Waals surface area contributed by atoms with Crippen molar-refractivity contribution in [2.24, 2.45) is 0 Å². The molecule has 0 spiro atoms. The maximum Gasteiger partial charge on any atom is 0.175 e. The van der Waals surface area contributed by atoms with Gasteiger partial charge in [-0.1, -0.05) is 0 Å². The molecule has 1 aliphatic rings. The average molecular weight is 304 g/mol. The Morgan fingerprint density at radius 2 is 1.55 bits per heavy atom. The molecule has 0 aliphatic carbocycles. The van der Waals surface area contributed by atoms with Crippen LogP contribution in [0, 0.1) is 0 Å². The van der Waals surface area contributed by atoms with E-state index in [-0.39, 0.29) is 34.1 Å². The highest BCUT2D eigenvalue weighted by atomic mass is 16.5. The van der Waals surface area contributed by atoms with E-state index < -0.39 is 23.4 Å². The van der Waals surface area contributed by atoms with Crippen molar-refractivity contribution in [3.05, 3.63) is 47.2 Å². The summed E-state index contributed by atoms with van der Waals surface area (Å²) >= 11 is 0. The SMILES string of the molecule is OC1=C(c2ccc(O)c(O)c2)Oc2cc(O)cc(O)c2C1O. The predicted molar refractivity (Wildman–Crippen MR) is 74.7 cm³/mol. The summed E-state index contributed by atoms with van der Waals surface area (Å²) < 4.78 is 5.41. The zero-order valence-electron chi connectivity index (χ0n) is 11.1. The fraction of sp³-hybridized carbons (Fsp3) is 0.0667. The molecule has 1 heterocycles. The number of hydrogen-bond donors (Lipinski definition) is 6. The summed E-state index contributed by atoms with van der Waals surface area (Å²) in [5.41, 5.74) is 0.113. The lowest BCUT2D eigenvalue weighted by Gasteiger charge is -2.25.